The number of ether oxygens (including phenoxy) is 2. The van der Waals surface area contributed by atoms with Crippen molar-refractivity contribution in [2.75, 3.05) is 46.1 Å². The van der Waals surface area contributed by atoms with E-state index in [2.05, 4.69) is 22.3 Å². The first-order chi connectivity index (χ1) is 15.5. The van der Waals surface area contributed by atoms with E-state index in [1.165, 1.54) is 0 Å². The minimum Gasteiger partial charge on any atom is -0.374 e. The van der Waals surface area contributed by atoms with Crippen LogP contribution in [-0.4, -0.2) is 75.3 Å². The molecular weight excluding hydrogens is 410 g/mol. The highest BCUT2D eigenvalue weighted by Crippen LogP contribution is 2.29. The van der Waals surface area contributed by atoms with Gasteiger partial charge in [0.25, 0.3) is 0 Å². The molecule has 0 atom stereocenters. The zero-order chi connectivity index (χ0) is 23.8. The van der Waals surface area contributed by atoms with Gasteiger partial charge in [0, 0.05) is 37.5 Å². The number of benzene rings is 1. The molecule has 176 valence electrons. The average Bonchev–Trinajstić information content (AvgIpc) is 2.79. The van der Waals surface area contributed by atoms with E-state index in [0.29, 0.717) is 38.5 Å². The number of amides is 2. The van der Waals surface area contributed by atoms with Gasteiger partial charge in [-0.2, -0.15) is 0 Å². The topological polar surface area (TPSA) is 116 Å². The average molecular weight is 446 g/mol. The highest BCUT2D eigenvalue weighted by molar-refractivity contribution is 5.91. The third-order valence-electron chi connectivity index (χ3n) is 4.40. The van der Waals surface area contributed by atoms with Gasteiger partial charge in [0.2, 0.25) is 11.8 Å². The van der Waals surface area contributed by atoms with Crippen LogP contribution in [0.4, 0.5) is 5.69 Å². The summed E-state index contributed by atoms with van der Waals surface area (Å²) in [6.45, 7) is 11.0. The van der Waals surface area contributed by atoms with Crippen LogP contribution < -0.4 is 10.6 Å². The number of amidine groups is 1. The standard InChI is InChI=1S/C23H35N5O4/c1-5-20(18-11-8-9-12-19(18)25-4)28(21(24)15-31-7-3)14-10-13-27-23(30)17-32-16-22(29)26-6-2/h5,8-9,11-12,24H,4,6-7,10,13-17H2,1-3H3,(H,26,29)(H,27,30)/b20-5+,24-21?. The number of hydrogen-bond donors (Lipinski definition) is 3. The lowest BCUT2D eigenvalue weighted by atomic mass is 10.1. The first-order valence-corrected chi connectivity index (χ1v) is 10.7. The number of carbonyl (C=O) groups is 2. The Hall–Kier alpha value is -3.04. The molecule has 0 heterocycles. The van der Waals surface area contributed by atoms with Crippen LogP contribution in [-0.2, 0) is 19.1 Å². The van der Waals surface area contributed by atoms with Gasteiger partial charge in [0.1, 0.15) is 25.7 Å². The van der Waals surface area contributed by atoms with Crippen LogP contribution in [0.3, 0.4) is 0 Å². The molecule has 0 radical (unpaired) electrons. The molecule has 0 aliphatic rings. The van der Waals surface area contributed by atoms with Crippen LogP contribution >= 0.6 is 0 Å². The fourth-order valence-corrected chi connectivity index (χ4v) is 2.96. The van der Waals surface area contributed by atoms with Gasteiger partial charge >= 0.3 is 0 Å². The summed E-state index contributed by atoms with van der Waals surface area (Å²) >= 11 is 0. The van der Waals surface area contributed by atoms with E-state index in [-0.39, 0.29) is 31.6 Å². The molecule has 1 rings (SSSR count). The second-order valence-corrected chi connectivity index (χ2v) is 6.73. The van der Waals surface area contributed by atoms with Crippen LogP contribution in [0.5, 0.6) is 0 Å². The number of nitrogens with one attached hydrogen (secondary N) is 3. The Morgan fingerprint density at radius 2 is 1.81 bits per heavy atom. The lowest BCUT2D eigenvalue weighted by Crippen LogP contribution is -2.36. The van der Waals surface area contributed by atoms with Crippen LogP contribution in [0.15, 0.2) is 35.3 Å². The number of nitrogens with zero attached hydrogens (tertiary/aromatic N) is 2. The summed E-state index contributed by atoms with van der Waals surface area (Å²) in [5.41, 5.74) is 2.43. The van der Waals surface area contributed by atoms with Crippen molar-refractivity contribution < 1.29 is 19.1 Å². The fourth-order valence-electron chi connectivity index (χ4n) is 2.96. The Kier molecular flexibility index (Phi) is 13.3. The quantitative estimate of drug-likeness (QED) is 0.218. The van der Waals surface area contributed by atoms with E-state index >= 15 is 0 Å². The van der Waals surface area contributed by atoms with Crippen molar-refractivity contribution in [1.82, 2.24) is 15.5 Å². The van der Waals surface area contributed by atoms with E-state index < -0.39 is 0 Å². The van der Waals surface area contributed by atoms with Crippen molar-refractivity contribution in [2.45, 2.75) is 27.2 Å². The first-order valence-electron chi connectivity index (χ1n) is 10.7. The molecule has 0 saturated carbocycles. The normalized spacial score (nSPS) is 11.0. The van der Waals surface area contributed by atoms with Gasteiger partial charge in [-0.3, -0.25) is 20.0 Å². The third-order valence-corrected chi connectivity index (χ3v) is 4.40. The van der Waals surface area contributed by atoms with Crippen molar-refractivity contribution in [1.29, 1.82) is 5.41 Å². The Labute approximate surface area is 190 Å². The van der Waals surface area contributed by atoms with E-state index in [9.17, 15) is 9.59 Å². The Balaban J connectivity index is 2.70. The van der Waals surface area contributed by atoms with Crippen LogP contribution in [0.25, 0.3) is 5.70 Å². The van der Waals surface area contributed by atoms with E-state index in [0.717, 1.165) is 16.9 Å². The number of aliphatic imine (C=N–C) groups is 1. The van der Waals surface area contributed by atoms with E-state index in [1.807, 2.05) is 56.0 Å². The largest absolute Gasteiger partial charge is 0.374 e. The summed E-state index contributed by atoms with van der Waals surface area (Å²) in [7, 11) is 0. The maximum absolute atomic E-state index is 11.9. The second kappa shape index (κ2) is 15.7. The number of rotatable bonds is 15. The van der Waals surface area contributed by atoms with Gasteiger partial charge in [-0.05, 0) is 40.0 Å². The lowest BCUT2D eigenvalue weighted by Gasteiger charge is -2.28. The van der Waals surface area contributed by atoms with Gasteiger partial charge in [0.15, 0.2) is 0 Å². The number of carbonyl (C=O) groups excluding carboxylic acids is 2. The predicted molar refractivity (Wildman–Crippen MR) is 127 cm³/mol. The second-order valence-electron chi connectivity index (χ2n) is 6.73. The van der Waals surface area contributed by atoms with Gasteiger partial charge in [-0.25, -0.2) is 0 Å². The molecule has 0 aliphatic heterocycles. The molecule has 0 bridgehead atoms. The molecule has 0 spiro atoms. The molecule has 2 amide bonds. The van der Waals surface area contributed by atoms with Crippen LogP contribution in [0.2, 0.25) is 0 Å². The molecule has 1 aromatic rings. The molecular formula is C23H35N5O4. The van der Waals surface area contributed by atoms with Crippen LogP contribution in [0.1, 0.15) is 32.8 Å². The van der Waals surface area contributed by atoms with Crippen LogP contribution in [0, 0.1) is 5.41 Å². The molecule has 1 aromatic carbocycles. The minimum atomic E-state index is -0.294. The summed E-state index contributed by atoms with van der Waals surface area (Å²) in [6, 6.07) is 7.62. The zero-order valence-electron chi connectivity index (χ0n) is 19.3. The zero-order valence-corrected chi connectivity index (χ0v) is 19.3. The van der Waals surface area contributed by atoms with E-state index in [1.54, 1.807) is 0 Å². The SMILES string of the molecule is C=Nc1ccccc1/C(=C\C)N(CCCNC(=O)COCC(=O)NCC)C(=N)COCC. The summed E-state index contributed by atoms with van der Waals surface area (Å²) in [4.78, 5) is 29.2. The molecule has 9 heteroatoms. The van der Waals surface area contributed by atoms with Crippen molar-refractivity contribution in [3.05, 3.63) is 35.9 Å². The summed E-state index contributed by atoms with van der Waals surface area (Å²) in [6.07, 6.45) is 2.52. The Morgan fingerprint density at radius 3 is 2.44 bits per heavy atom. The monoisotopic (exact) mass is 445 g/mol. The molecule has 0 saturated heterocycles. The number of likely N-dealkylation sites (N-methyl/N-ethyl adjacent to an activating group) is 1. The number of hydrogen-bond acceptors (Lipinski definition) is 6. The van der Waals surface area contributed by atoms with Crippen molar-refractivity contribution in [3.63, 3.8) is 0 Å². The summed E-state index contributed by atoms with van der Waals surface area (Å²) in [5.74, 6) is -0.231. The molecule has 0 unspecified atom stereocenters. The Morgan fingerprint density at radius 1 is 1.12 bits per heavy atom. The van der Waals surface area contributed by atoms with Gasteiger partial charge in [-0.1, -0.05) is 24.3 Å². The predicted octanol–water partition coefficient (Wildman–Crippen LogP) is 2.35. The molecule has 0 fully saturated rings. The van der Waals surface area contributed by atoms with Crippen molar-refractivity contribution in [2.24, 2.45) is 4.99 Å². The number of para-hydroxylation sites is 1. The molecule has 3 N–H and O–H groups in total. The number of allylic oxidation sites excluding steroid dienone is 1. The minimum absolute atomic E-state index is 0.148. The van der Waals surface area contributed by atoms with Crippen molar-refractivity contribution >= 4 is 35.8 Å². The summed E-state index contributed by atoms with van der Waals surface area (Å²) in [5, 5.41) is 13.9. The molecule has 9 nitrogen and oxygen atoms in total. The van der Waals surface area contributed by atoms with Crippen molar-refractivity contribution in [3.8, 4) is 0 Å². The Bertz CT molecular complexity index is 794. The smallest absolute Gasteiger partial charge is 0.246 e. The van der Waals surface area contributed by atoms with Gasteiger partial charge < -0.3 is 25.0 Å². The lowest BCUT2D eigenvalue weighted by molar-refractivity contribution is -0.130. The van der Waals surface area contributed by atoms with Gasteiger partial charge in [-0.15, -0.1) is 0 Å². The maximum atomic E-state index is 11.9. The highest BCUT2D eigenvalue weighted by atomic mass is 16.5. The molecule has 32 heavy (non-hydrogen) atoms. The highest BCUT2D eigenvalue weighted by Gasteiger charge is 2.18. The van der Waals surface area contributed by atoms with Gasteiger partial charge in [0.05, 0.1) is 5.69 Å². The molecule has 0 aliphatic carbocycles. The van der Waals surface area contributed by atoms with E-state index in [4.69, 9.17) is 14.9 Å². The summed E-state index contributed by atoms with van der Waals surface area (Å²) < 4.78 is 10.5. The molecule has 0 aromatic heterocycles. The maximum Gasteiger partial charge on any atom is 0.246 e. The first kappa shape index (κ1) is 27.0. The fraction of sp³-hybridized carbons (Fsp3) is 0.478. The third kappa shape index (κ3) is 9.40.